The smallest absolute Gasteiger partial charge is 0.0701 e. The van der Waals surface area contributed by atoms with Crippen LogP contribution in [0.3, 0.4) is 0 Å². The van der Waals surface area contributed by atoms with Crippen LogP contribution in [0.1, 0.15) is 13.3 Å². The van der Waals surface area contributed by atoms with Crippen LogP contribution in [-0.2, 0) is 18.9 Å². The zero-order chi connectivity index (χ0) is 14.4. The van der Waals surface area contributed by atoms with Crippen molar-refractivity contribution in [3.8, 4) is 0 Å². The minimum atomic E-state index is -1.96. The summed E-state index contributed by atoms with van der Waals surface area (Å²) in [7, 11) is 15.1. The molecule has 0 atom stereocenters. The molecule has 0 amide bonds. The van der Waals surface area contributed by atoms with Crippen molar-refractivity contribution < 1.29 is 18.9 Å². The number of halogens is 3. The van der Waals surface area contributed by atoms with Crippen molar-refractivity contribution in [3.63, 3.8) is 0 Å². The maximum Gasteiger partial charge on any atom is 0.0701 e. The van der Waals surface area contributed by atoms with Gasteiger partial charge in [0.1, 0.15) is 0 Å². The number of rotatable bonds is 14. The summed E-state index contributed by atoms with van der Waals surface area (Å²) in [5.74, 6) is 0.576. The van der Waals surface area contributed by atoms with Gasteiger partial charge < -0.3 is 18.9 Å². The van der Waals surface area contributed by atoms with Crippen molar-refractivity contribution in [2.24, 2.45) is 0 Å². The van der Waals surface area contributed by atoms with Crippen LogP contribution in [-0.4, -0.2) is 58.6 Å². The molecule has 0 spiro atoms. The summed E-state index contributed by atoms with van der Waals surface area (Å²) in [5, 5.41) is 0. The third kappa shape index (κ3) is 19.1. The van der Waals surface area contributed by atoms with Crippen LogP contribution in [0.25, 0.3) is 0 Å². The molecule has 0 bridgehead atoms. The zero-order valence-electron chi connectivity index (χ0n) is 11.2. The molecule has 0 N–H and O–H groups in total. The third-order valence-corrected chi connectivity index (χ3v) is 4.12. The molecule has 0 heterocycles. The van der Waals surface area contributed by atoms with Crippen LogP contribution in [0, 0.1) is 0 Å². The summed E-state index contributed by atoms with van der Waals surface area (Å²) in [4.78, 5) is 0. The van der Waals surface area contributed by atoms with Gasteiger partial charge in [0.2, 0.25) is 0 Å². The minimum absolute atomic E-state index is 0.550. The van der Waals surface area contributed by atoms with Crippen LogP contribution in [0.2, 0.25) is 0 Å². The van der Waals surface area contributed by atoms with E-state index in [1.54, 1.807) is 0 Å². The van der Waals surface area contributed by atoms with Gasteiger partial charge in [0.15, 0.2) is 0 Å². The molecule has 0 radical (unpaired) electrons. The SMILES string of the molecule is CCOCCOCCOCCOCCCS(Cl)(Cl)Cl. The van der Waals surface area contributed by atoms with E-state index in [-0.39, 0.29) is 0 Å². The molecule has 0 fully saturated rings. The number of hydrogen-bond acceptors (Lipinski definition) is 4. The van der Waals surface area contributed by atoms with E-state index in [2.05, 4.69) is 0 Å². The highest BCUT2D eigenvalue weighted by Crippen LogP contribution is 2.63. The molecule has 19 heavy (non-hydrogen) atoms. The Kier molecular flexibility index (Phi) is 14.8. The summed E-state index contributed by atoms with van der Waals surface area (Å²) >= 11 is 0. The molecule has 0 saturated carbocycles. The highest BCUT2D eigenvalue weighted by molar-refractivity contribution is 8.79. The molecule has 0 aliphatic carbocycles. The second-order valence-corrected chi connectivity index (χ2v) is 11.2. The predicted molar refractivity (Wildman–Crippen MR) is 83.6 cm³/mol. The minimum Gasteiger partial charge on any atom is -0.379 e. The molecule has 0 aromatic rings. The van der Waals surface area contributed by atoms with Crippen LogP contribution in [0.15, 0.2) is 0 Å². The van der Waals surface area contributed by atoms with Crippen LogP contribution < -0.4 is 0 Å². The lowest BCUT2D eigenvalue weighted by molar-refractivity contribution is -0.000315. The maximum atomic E-state index is 5.69. The Labute approximate surface area is 130 Å². The lowest BCUT2D eigenvalue weighted by Crippen LogP contribution is -2.12. The maximum absolute atomic E-state index is 5.69. The molecule has 0 aromatic heterocycles. The van der Waals surface area contributed by atoms with E-state index in [9.17, 15) is 0 Å². The Hall–Kier alpha value is 1.06. The van der Waals surface area contributed by atoms with Gasteiger partial charge in [-0.15, -0.1) is 0 Å². The van der Waals surface area contributed by atoms with Crippen molar-refractivity contribution in [2.75, 3.05) is 58.6 Å². The largest absolute Gasteiger partial charge is 0.379 e. The Morgan fingerprint density at radius 1 is 0.684 bits per heavy atom. The first-order valence-corrected chi connectivity index (χ1v) is 10.5. The fourth-order valence-corrected chi connectivity index (χ4v) is 2.56. The quantitative estimate of drug-likeness (QED) is 0.444. The van der Waals surface area contributed by atoms with Gasteiger partial charge >= 0.3 is 0 Å². The lowest BCUT2D eigenvalue weighted by atomic mass is 10.5. The number of hydrogen-bond donors (Lipinski definition) is 0. The molecular formula is C11H23Cl3O4S. The first-order valence-electron chi connectivity index (χ1n) is 6.27. The molecule has 4 nitrogen and oxygen atoms in total. The van der Waals surface area contributed by atoms with Gasteiger partial charge in [0.05, 0.1) is 39.6 Å². The molecular weight excluding hydrogens is 335 g/mol. The van der Waals surface area contributed by atoms with E-state index < -0.39 is 7.67 Å². The highest BCUT2D eigenvalue weighted by Gasteiger charge is 2.11. The zero-order valence-corrected chi connectivity index (χ0v) is 14.3. The monoisotopic (exact) mass is 356 g/mol. The predicted octanol–water partition coefficient (Wildman–Crippen LogP) is 3.73. The number of ether oxygens (including phenoxy) is 4. The van der Waals surface area contributed by atoms with Gasteiger partial charge in [0.25, 0.3) is 0 Å². The van der Waals surface area contributed by atoms with Crippen molar-refractivity contribution in [1.29, 1.82) is 0 Å². The Morgan fingerprint density at radius 2 is 1.11 bits per heavy atom. The Balaban J connectivity index is 2.99. The summed E-state index contributed by atoms with van der Waals surface area (Å²) < 4.78 is 21.1. The van der Waals surface area contributed by atoms with Crippen LogP contribution >= 0.6 is 39.7 Å². The second kappa shape index (κ2) is 14.0. The average molecular weight is 358 g/mol. The lowest BCUT2D eigenvalue weighted by Gasteiger charge is -2.14. The van der Waals surface area contributed by atoms with Crippen molar-refractivity contribution in [1.82, 2.24) is 0 Å². The van der Waals surface area contributed by atoms with Crippen molar-refractivity contribution in [3.05, 3.63) is 0 Å². The van der Waals surface area contributed by atoms with Crippen LogP contribution in [0.5, 0.6) is 0 Å². The van der Waals surface area contributed by atoms with Gasteiger partial charge in [0, 0.05) is 19.0 Å². The standard InChI is InChI=1S/C11H23Cl3O4S/c1-2-15-5-6-17-9-10-18-8-7-16-4-3-11-19(12,13)14/h2-11H2,1H3. The van der Waals surface area contributed by atoms with Gasteiger partial charge in [-0.2, -0.15) is 0 Å². The van der Waals surface area contributed by atoms with E-state index in [0.29, 0.717) is 52.0 Å². The normalized spacial score (nSPS) is 12.8. The molecule has 0 aliphatic rings. The Morgan fingerprint density at radius 3 is 1.53 bits per heavy atom. The summed E-state index contributed by atoms with van der Waals surface area (Å²) in [5.41, 5.74) is 0. The van der Waals surface area contributed by atoms with E-state index in [1.165, 1.54) is 0 Å². The molecule has 0 unspecified atom stereocenters. The van der Waals surface area contributed by atoms with E-state index >= 15 is 0 Å². The summed E-state index contributed by atoms with van der Waals surface area (Å²) in [6, 6.07) is 0. The fourth-order valence-electron chi connectivity index (χ4n) is 1.13. The third-order valence-electron chi connectivity index (χ3n) is 1.98. The topological polar surface area (TPSA) is 36.9 Å². The van der Waals surface area contributed by atoms with Crippen molar-refractivity contribution in [2.45, 2.75) is 13.3 Å². The summed E-state index contributed by atoms with van der Waals surface area (Å²) in [6.45, 7) is 6.74. The molecule has 0 aromatic carbocycles. The van der Waals surface area contributed by atoms with Crippen molar-refractivity contribution >= 4 is 39.7 Å². The van der Waals surface area contributed by atoms with E-state index in [1.807, 2.05) is 6.92 Å². The van der Waals surface area contributed by atoms with Gasteiger partial charge in [-0.25, -0.2) is 0 Å². The fraction of sp³-hybridized carbons (Fsp3) is 1.00. The molecule has 8 heteroatoms. The van der Waals surface area contributed by atoms with Gasteiger partial charge in [-0.3, -0.25) is 0 Å². The highest BCUT2D eigenvalue weighted by atomic mass is 36.2. The average Bonchev–Trinajstić information content (AvgIpc) is 2.34. The van der Waals surface area contributed by atoms with Gasteiger partial charge in [-0.1, -0.05) is 0 Å². The molecule has 0 rings (SSSR count). The molecule has 0 saturated heterocycles. The van der Waals surface area contributed by atoms with E-state index in [4.69, 9.17) is 51.0 Å². The summed E-state index contributed by atoms with van der Waals surface area (Å²) in [6.07, 6.45) is 0.756. The molecule has 0 aliphatic heterocycles. The van der Waals surface area contributed by atoms with Crippen LogP contribution in [0.4, 0.5) is 0 Å². The second-order valence-electron chi connectivity index (χ2n) is 3.59. The van der Waals surface area contributed by atoms with E-state index in [0.717, 1.165) is 13.0 Å². The molecule has 118 valence electrons. The first-order chi connectivity index (χ1) is 9.06. The first kappa shape index (κ1) is 20.1. The van der Waals surface area contributed by atoms with Gasteiger partial charge in [-0.05, 0) is 53.1 Å². The Bertz CT molecular complexity index is 193.